The number of ether oxygens (including phenoxy) is 1. The molecule has 2 aliphatic rings. The van der Waals surface area contributed by atoms with Gasteiger partial charge in [0.25, 0.3) is 0 Å². The van der Waals surface area contributed by atoms with E-state index >= 15 is 0 Å². The van der Waals surface area contributed by atoms with Crippen molar-refractivity contribution in [1.82, 2.24) is 0 Å². The maximum Gasteiger partial charge on any atom is 0.0790 e. The molecule has 0 aliphatic carbocycles. The fourth-order valence-electron chi connectivity index (χ4n) is 3.47. The number of aliphatic hydroxyl groups excluding tert-OH is 1. The zero-order chi connectivity index (χ0) is 13.8. The molecule has 1 aromatic carbocycles. The van der Waals surface area contributed by atoms with Crippen molar-refractivity contribution < 1.29 is 9.84 Å². The van der Waals surface area contributed by atoms with Crippen LogP contribution in [0.15, 0.2) is 30.3 Å². The van der Waals surface area contributed by atoms with Crippen molar-refractivity contribution >= 4 is 11.8 Å². The maximum atomic E-state index is 10.3. The molecule has 20 heavy (non-hydrogen) atoms. The van der Waals surface area contributed by atoms with Crippen molar-refractivity contribution in [2.75, 3.05) is 18.1 Å². The van der Waals surface area contributed by atoms with Crippen LogP contribution in [0.1, 0.15) is 43.8 Å². The lowest BCUT2D eigenvalue weighted by molar-refractivity contribution is -0.0819. The first-order valence-corrected chi connectivity index (χ1v) is 8.88. The summed E-state index contributed by atoms with van der Waals surface area (Å²) < 4.78 is 6.06. The Labute approximate surface area is 125 Å². The van der Waals surface area contributed by atoms with Gasteiger partial charge in [-0.25, -0.2) is 0 Å². The summed E-state index contributed by atoms with van der Waals surface area (Å²) in [5.74, 6) is 3.14. The third kappa shape index (κ3) is 3.38. The van der Waals surface area contributed by atoms with Crippen molar-refractivity contribution in [2.45, 2.75) is 43.8 Å². The number of hydrogen-bond donors (Lipinski definition) is 1. The second-order valence-electron chi connectivity index (χ2n) is 6.20. The highest BCUT2D eigenvalue weighted by molar-refractivity contribution is 7.99. The van der Waals surface area contributed by atoms with Crippen molar-refractivity contribution in [3.8, 4) is 0 Å². The molecule has 3 rings (SSSR count). The van der Waals surface area contributed by atoms with Gasteiger partial charge in [-0.05, 0) is 49.3 Å². The van der Waals surface area contributed by atoms with Crippen molar-refractivity contribution in [3.63, 3.8) is 0 Å². The smallest absolute Gasteiger partial charge is 0.0790 e. The van der Waals surface area contributed by atoms with Gasteiger partial charge in [-0.2, -0.15) is 11.8 Å². The van der Waals surface area contributed by atoms with E-state index in [4.69, 9.17) is 4.74 Å². The Morgan fingerprint density at radius 1 is 1.35 bits per heavy atom. The fourth-order valence-corrected chi connectivity index (χ4v) is 4.85. The van der Waals surface area contributed by atoms with Gasteiger partial charge in [0.15, 0.2) is 0 Å². The quantitative estimate of drug-likeness (QED) is 0.915. The Kier molecular flexibility index (Phi) is 4.69. The number of rotatable bonds is 4. The molecule has 1 aromatic rings. The summed E-state index contributed by atoms with van der Waals surface area (Å²) in [6.45, 7) is 0.909. The van der Waals surface area contributed by atoms with Crippen LogP contribution in [-0.2, 0) is 4.74 Å². The Morgan fingerprint density at radius 3 is 2.95 bits per heavy atom. The summed E-state index contributed by atoms with van der Waals surface area (Å²) >= 11 is 2.03. The molecule has 2 saturated heterocycles. The highest BCUT2D eigenvalue weighted by Gasteiger charge is 2.40. The minimum Gasteiger partial charge on any atom is -0.388 e. The van der Waals surface area contributed by atoms with Crippen LogP contribution in [0.3, 0.4) is 0 Å². The predicted octanol–water partition coefficient (Wildman–Crippen LogP) is 3.80. The molecule has 0 radical (unpaired) electrons. The minimum atomic E-state index is -0.312. The third-order valence-electron chi connectivity index (χ3n) is 4.69. The van der Waals surface area contributed by atoms with Gasteiger partial charge in [-0.3, -0.25) is 0 Å². The van der Waals surface area contributed by atoms with Gasteiger partial charge >= 0.3 is 0 Å². The van der Waals surface area contributed by atoms with Crippen LogP contribution in [0.25, 0.3) is 0 Å². The maximum absolute atomic E-state index is 10.3. The molecule has 0 aromatic heterocycles. The molecule has 3 heteroatoms. The van der Waals surface area contributed by atoms with Crippen LogP contribution >= 0.6 is 11.8 Å². The average molecular weight is 292 g/mol. The van der Waals surface area contributed by atoms with Crippen molar-refractivity contribution in [3.05, 3.63) is 35.9 Å². The summed E-state index contributed by atoms with van der Waals surface area (Å²) in [6, 6.07) is 10.0. The normalized spacial score (nSPS) is 31.6. The van der Waals surface area contributed by atoms with E-state index in [1.165, 1.54) is 24.3 Å². The van der Waals surface area contributed by atoms with Gasteiger partial charge < -0.3 is 9.84 Å². The Balaban J connectivity index is 1.51. The van der Waals surface area contributed by atoms with E-state index in [2.05, 4.69) is 0 Å². The lowest BCUT2D eigenvalue weighted by Crippen LogP contribution is -2.39. The van der Waals surface area contributed by atoms with Crippen LogP contribution < -0.4 is 0 Å². The molecule has 3 unspecified atom stereocenters. The number of aliphatic hydroxyl groups is 1. The molecule has 0 saturated carbocycles. The van der Waals surface area contributed by atoms with Crippen LogP contribution in [0.5, 0.6) is 0 Å². The van der Waals surface area contributed by atoms with E-state index in [1.807, 2.05) is 42.1 Å². The first-order chi connectivity index (χ1) is 9.77. The summed E-state index contributed by atoms with van der Waals surface area (Å²) in [5.41, 5.74) is 1.22. The second-order valence-corrected chi connectivity index (χ2v) is 7.30. The molecular formula is C17H24O2S. The molecule has 2 fully saturated rings. The lowest BCUT2D eigenvalue weighted by atomic mass is 9.82. The molecule has 110 valence electrons. The Bertz CT molecular complexity index is 414. The van der Waals surface area contributed by atoms with Gasteiger partial charge in [0, 0.05) is 12.4 Å². The zero-order valence-corrected chi connectivity index (χ0v) is 12.8. The standard InChI is InChI=1S/C17H24O2S/c18-16(15-4-2-1-3-5-15)7-6-14-8-10-19-17(12-14)9-11-20-13-17/h1-5,14,16,18H,6-13H2. The number of benzene rings is 1. The Hall–Kier alpha value is -0.510. The zero-order valence-electron chi connectivity index (χ0n) is 12.0. The summed E-state index contributed by atoms with van der Waals surface area (Å²) in [7, 11) is 0. The molecule has 3 atom stereocenters. The van der Waals surface area contributed by atoms with Gasteiger partial charge in [-0.1, -0.05) is 30.3 Å². The van der Waals surface area contributed by atoms with E-state index in [-0.39, 0.29) is 11.7 Å². The SMILES string of the molecule is OC(CCC1CCOC2(CCSC2)C1)c1ccccc1. The van der Waals surface area contributed by atoms with Gasteiger partial charge in [-0.15, -0.1) is 0 Å². The van der Waals surface area contributed by atoms with E-state index in [0.717, 1.165) is 37.4 Å². The van der Waals surface area contributed by atoms with E-state index in [9.17, 15) is 5.11 Å². The lowest BCUT2D eigenvalue weighted by Gasteiger charge is -2.38. The third-order valence-corrected chi connectivity index (χ3v) is 5.92. The van der Waals surface area contributed by atoms with E-state index < -0.39 is 0 Å². The second kappa shape index (κ2) is 6.50. The first-order valence-electron chi connectivity index (χ1n) is 7.72. The Morgan fingerprint density at radius 2 is 2.20 bits per heavy atom. The molecule has 2 heterocycles. The van der Waals surface area contributed by atoms with Gasteiger partial charge in [0.1, 0.15) is 0 Å². The van der Waals surface area contributed by atoms with Crippen molar-refractivity contribution in [2.24, 2.45) is 5.92 Å². The number of hydrogen-bond acceptors (Lipinski definition) is 3. The summed E-state index contributed by atoms with van der Waals surface area (Å²) in [4.78, 5) is 0. The topological polar surface area (TPSA) is 29.5 Å². The van der Waals surface area contributed by atoms with Crippen LogP contribution in [0.4, 0.5) is 0 Å². The molecule has 1 spiro atoms. The largest absolute Gasteiger partial charge is 0.388 e. The van der Waals surface area contributed by atoms with Gasteiger partial charge in [0.05, 0.1) is 11.7 Å². The van der Waals surface area contributed by atoms with E-state index in [0.29, 0.717) is 0 Å². The van der Waals surface area contributed by atoms with Gasteiger partial charge in [0.2, 0.25) is 0 Å². The summed E-state index contributed by atoms with van der Waals surface area (Å²) in [5, 5.41) is 10.3. The molecule has 2 aliphatic heterocycles. The summed E-state index contributed by atoms with van der Waals surface area (Å²) in [6.07, 6.45) is 5.25. The minimum absolute atomic E-state index is 0.172. The molecule has 0 amide bonds. The highest BCUT2D eigenvalue weighted by Crippen LogP contribution is 2.42. The molecule has 2 nitrogen and oxygen atoms in total. The van der Waals surface area contributed by atoms with E-state index in [1.54, 1.807) is 0 Å². The van der Waals surface area contributed by atoms with Crippen molar-refractivity contribution in [1.29, 1.82) is 0 Å². The van der Waals surface area contributed by atoms with Crippen LogP contribution in [-0.4, -0.2) is 28.8 Å². The molecule has 0 bridgehead atoms. The number of thioether (sulfide) groups is 1. The highest BCUT2D eigenvalue weighted by atomic mass is 32.2. The molecular weight excluding hydrogens is 268 g/mol. The first kappa shape index (κ1) is 14.4. The average Bonchev–Trinajstić information content (AvgIpc) is 2.93. The van der Waals surface area contributed by atoms with Crippen LogP contribution in [0.2, 0.25) is 0 Å². The van der Waals surface area contributed by atoms with Crippen LogP contribution in [0, 0.1) is 5.92 Å². The predicted molar refractivity (Wildman–Crippen MR) is 84.0 cm³/mol. The molecule has 1 N–H and O–H groups in total. The fraction of sp³-hybridized carbons (Fsp3) is 0.647. The monoisotopic (exact) mass is 292 g/mol.